The van der Waals surface area contributed by atoms with Crippen LogP contribution in [0.3, 0.4) is 0 Å². The number of aromatic nitrogens is 2. The van der Waals surface area contributed by atoms with Crippen molar-refractivity contribution in [2.24, 2.45) is 0 Å². The van der Waals surface area contributed by atoms with Crippen molar-refractivity contribution in [3.63, 3.8) is 0 Å². The van der Waals surface area contributed by atoms with E-state index in [2.05, 4.69) is 12.0 Å². The van der Waals surface area contributed by atoms with Gasteiger partial charge in [-0.2, -0.15) is 9.78 Å². The van der Waals surface area contributed by atoms with Gasteiger partial charge in [0, 0.05) is 16.7 Å². The summed E-state index contributed by atoms with van der Waals surface area (Å²) in [6, 6.07) is 26.2. The van der Waals surface area contributed by atoms with E-state index >= 15 is 0 Å². The number of benzene rings is 3. The average Bonchev–Trinajstić information content (AvgIpc) is 3.18. The van der Waals surface area contributed by atoms with Crippen molar-refractivity contribution in [2.45, 2.75) is 13.3 Å². The SMILES string of the molecule is CCc1ccc(C(=O)Oc2cc(-c3ccccc3)nn2-c2cccc(Cl)c2)cc1. The molecule has 0 fully saturated rings. The molecule has 0 spiro atoms. The normalized spacial score (nSPS) is 10.7. The van der Waals surface area contributed by atoms with E-state index in [-0.39, 0.29) is 0 Å². The summed E-state index contributed by atoms with van der Waals surface area (Å²) >= 11 is 6.15. The van der Waals surface area contributed by atoms with Crippen LogP contribution in [0.15, 0.2) is 84.9 Å². The summed E-state index contributed by atoms with van der Waals surface area (Å²) in [5.41, 5.74) is 4.00. The van der Waals surface area contributed by atoms with E-state index in [9.17, 15) is 4.79 Å². The first kappa shape index (κ1) is 19.0. The molecule has 29 heavy (non-hydrogen) atoms. The molecule has 1 heterocycles. The fourth-order valence-electron chi connectivity index (χ4n) is 3.01. The van der Waals surface area contributed by atoms with Crippen LogP contribution in [-0.2, 0) is 6.42 Å². The molecule has 0 bridgehead atoms. The van der Waals surface area contributed by atoms with Crippen LogP contribution in [-0.4, -0.2) is 15.7 Å². The zero-order valence-electron chi connectivity index (χ0n) is 15.9. The first-order valence-corrected chi connectivity index (χ1v) is 9.74. The maximum absolute atomic E-state index is 12.7. The molecule has 0 atom stereocenters. The Morgan fingerprint density at radius 3 is 2.41 bits per heavy atom. The summed E-state index contributed by atoms with van der Waals surface area (Å²) in [5.74, 6) is -0.105. The van der Waals surface area contributed by atoms with Crippen molar-refractivity contribution in [3.05, 3.63) is 101 Å². The van der Waals surface area contributed by atoms with Crippen LogP contribution in [0, 0.1) is 0 Å². The largest absolute Gasteiger partial charge is 0.404 e. The van der Waals surface area contributed by atoms with E-state index in [1.54, 1.807) is 35.0 Å². The van der Waals surface area contributed by atoms with Gasteiger partial charge in [0.2, 0.25) is 5.88 Å². The van der Waals surface area contributed by atoms with Gasteiger partial charge in [0.15, 0.2) is 0 Å². The lowest BCUT2D eigenvalue weighted by Gasteiger charge is -2.08. The van der Waals surface area contributed by atoms with Crippen molar-refractivity contribution < 1.29 is 9.53 Å². The number of halogens is 1. The van der Waals surface area contributed by atoms with Gasteiger partial charge >= 0.3 is 5.97 Å². The molecule has 0 N–H and O–H groups in total. The second-order valence-corrected chi connectivity index (χ2v) is 7.00. The van der Waals surface area contributed by atoms with Crippen molar-refractivity contribution in [3.8, 4) is 22.8 Å². The molecule has 0 amide bonds. The molecule has 0 saturated heterocycles. The molecule has 1 aromatic heterocycles. The summed E-state index contributed by atoms with van der Waals surface area (Å²) in [7, 11) is 0. The number of esters is 1. The monoisotopic (exact) mass is 402 g/mol. The van der Waals surface area contributed by atoms with Gasteiger partial charge in [0.1, 0.15) is 0 Å². The first-order valence-electron chi connectivity index (χ1n) is 9.36. The van der Waals surface area contributed by atoms with E-state index in [1.165, 1.54) is 0 Å². The zero-order valence-corrected chi connectivity index (χ0v) is 16.6. The minimum atomic E-state index is -0.435. The Morgan fingerprint density at radius 1 is 0.966 bits per heavy atom. The highest BCUT2D eigenvalue weighted by molar-refractivity contribution is 6.30. The molecule has 4 nitrogen and oxygen atoms in total. The van der Waals surface area contributed by atoms with E-state index in [1.807, 2.05) is 54.6 Å². The number of ether oxygens (including phenoxy) is 1. The van der Waals surface area contributed by atoms with Crippen LogP contribution in [0.4, 0.5) is 0 Å². The van der Waals surface area contributed by atoms with E-state index in [4.69, 9.17) is 16.3 Å². The molecule has 3 aromatic carbocycles. The maximum Gasteiger partial charge on any atom is 0.344 e. The fraction of sp³-hybridized carbons (Fsp3) is 0.0833. The Morgan fingerprint density at radius 2 is 1.72 bits per heavy atom. The quantitative estimate of drug-likeness (QED) is 0.386. The predicted molar refractivity (Wildman–Crippen MR) is 115 cm³/mol. The predicted octanol–water partition coefficient (Wildman–Crippen LogP) is 5.97. The van der Waals surface area contributed by atoms with Crippen LogP contribution in [0.5, 0.6) is 5.88 Å². The Hall–Kier alpha value is -3.37. The van der Waals surface area contributed by atoms with Crippen LogP contribution >= 0.6 is 11.6 Å². The third kappa shape index (κ3) is 4.23. The summed E-state index contributed by atoms with van der Waals surface area (Å²) in [6.45, 7) is 2.07. The second-order valence-electron chi connectivity index (χ2n) is 6.57. The molecule has 0 saturated carbocycles. The summed E-state index contributed by atoms with van der Waals surface area (Å²) in [6.07, 6.45) is 0.914. The highest BCUT2D eigenvalue weighted by Crippen LogP contribution is 2.28. The number of nitrogens with zero attached hydrogens (tertiary/aromatic N) is 2. The van der Waals surface area contributed by atoms with Crippen molar-refractivity contribution in [2.75, 3.05) is 0 Å². The van der Waals surface area contributed by atoms with Gasteiger partial charge in [-0.1, -0.05) is 67.1 Å². The molecule has 5 heteroatoms. The number of carbonyl (C=O) groups is 1. The second kappa shape index (κ2) is 8.33. The van der Waals surface area contributed by atoms with Crippen LogP contribution in [0.2, 0.25) is 5.02 Å². The summed E-state index contributed by atoms with van der Waals surface area (Å²) in [4.78, 5) is 12.7. The molecule has 0 aliphatic heterocycles. The van der Waals surface area contributed by atoms with Crippen molar-refractivity contribution >= 4 is 17.6 Å². The van der Waals surface area contributed by atoms with Gasteiger partial charge < -0.3 is 4.74 Å². The molecular formula is C24H19ClN2O2. The Kier molecular flexibility index (Phi) is 5.45. The zero-order chi connectivity index (χ0) is 20.2. The highest BCUT2D eigenvalue weighted by Gasteiger charge is 2.17. The summed E-state index contributed by atoms with van der Waals surface area (Å²) < 4.78 is 7.31. The Bertz CT molecular complexity index is 1140. The van der Waals surface area contributed by atoms with Crippen molar-refractivity contribution in [1.29, 1.82) is 0 Å². The maximum atomic E-state index is 12.7. The van der Waals surface area contributed by atoms with Crippen LogP contribution in [0.1, 0.15) is 22.8 Å². The minimum absolute atomic E-state index is 0.329. The van der Waals surface area contributed by atoms with Crippen molar-refractivity contribution in [1.82, 2.24) is 9.78 Å². The number of hydrogen-bond acceptors (Lipinski definition) is 3. The Balaban J connectivity index is 1.72. The van der Waals surface area contributed by atoms with Gasteiger partial charge in [0.25, 0.3) is 0 Å². The molecule has 0 radical (unpaired) electrons. The van der Waals surface area contributed by atoms with Gasteiger partial charge in [-0.05, 0) is 42.3 Å². The lowest BCUT2D eigenvalue weighted by atomic mass is 10.1. The lowest BCUT2D eigenvalue weighted by Crippen LogP contribution is -2.11. The third-order valence-corrected chi connectivity index (χ3v) is 4.83. The molecule has 4 rings (SSSR count). The average molecular weight is 403 g/mol. The Labute approximate surface area is 174 Å². The third-order valence-electron chi connectivity index (χ3n) is 4.59. The summed E-state index contributed by atoms with van der Waals surface area (Å²) in [5, 5.41) is 5.22. The molecular weight excluding hydrogens is 384 g/mol. The topological polar surface area (TPSA) is 44.1 Å². The molecule has 4 aromatic rings. The number of carbonyl (C=O) groups excluding carboxylic acids is 1. The van der Waals surface area contributed by atoms with Gasteiger partial charge in [0.05, 0.1) is 16.9 Å². The first-order chi connectivity index (χ1) is 14.1. The molecule has 144 valence electrons. The van der Waals surface area contributed by atoms with Crippen LogP contribution < -0.4 is 4.74 Å². The van der Waals surface area contributed by atoms with E-state index in [0.29, 0.717) is 27.8 Å². The standard InChI is InChI=1S/C24H19ClN2O2/c1-2-17-11-13-19(14-12-17)24(28)29-23-16-22(18-7-4-3-5-8-18)26-27(23)21-10-6-9-20(25)15-21/h3-16H,2H2,1H3. The van der Waals surface area contributed by atoms with Gasteiger partial charge in [-0.25, -0.2) is 4.79 Å². The molecule has 0 aliphatic rings. The lowest BCUT2D eigenvalue weighted by molar-refractivity contribution is 0.0723. The van der Waals surface area contributed by atoms with E-state index < -0.39 is 5.97 Å². The van der Waals surface area contributed by atoms with Crippen LogP contribution in [0.25, 0.3) is 16.9 Å². The molecule has 0 unspecified atom stereocenters. The highest BCUT2D eigenvalue weighted by atomic mass is 35.5. The smallest absolute Gasteiger partial charge is 0.344 e. The van der Waals surface area contributed by atoms with Gasteiger partial charge in [-0.15, -0.1) is 0 Å². The minimum Gasteiger partial charge on any atom is -0.404 e. The van der Waals surface area contributed by atoms with E-state index in [0.717, 1.165) is 17.5 Å². The number of rotatable bonds is 5. The fourth-order valence-corrected chi connectivity index (χ4v) is 3.19. The van der Waals surface area contributed by atoms with Gasteiger partial charge in [-0.3, -0.25) is 0 Å². The molecule has 0 aliphatic carbocycles. The number of aryl methyl sites for hydroxylation is 1. The number of hydrogen-bond donors (Lipinski definition) is 0.